The highest BCUT2D eigenvalue weighted by atomic mass is 19.1. The molecule has 3 aromatic rings. The molecule has 1 unspecified atom stereocenters. The molecule has 1 fully saturated rings. The molecule has 3 heterocycles. The standard InChI is InChI=1S/C20H22FN7/c1-14(15-4-6-16(21)7-5-15)24-20-26-17(25-18-13-22-8-9-23-18)12-19(27-20)28-10-2-3-11-28/h4-9,12-14H,2-3,10-11H2,1H3,(H2,23,24,25,26,27). The Balaban J connectivity index is 1.60. The molecule has 2 N–H and O–H groups in total. The quantitative estimate of drug-likeness (QED) is 0.672. The number of aromatic nitrogens is 4. The Morgan fingerprint density at radius 1 is 1.04 bits per heavy atom. The lowest BCUT2D eigenvalue weighted by Crippen LogP contribution is -2.20. The zero-order valence-electron chi connectivity index (χ0n) is 15.6. The fraction of sp³-hybridized carbons (Fsp3) is 0.300. The van der Waals surface area contributed by atoms with Gasteiger partial charge in [-0.1, -0.05) is 12.1 Å². The molecular formula is C20H22FN7. The van der Waals surface area contributed by atoms with Gasteiger partial charge in [0, 0.05) is 31.5 Å². The molecule has 1 saturated heterocycles. The van der Waals surface area contributed by atoms with E-state index >= 15 is 0 Å². The van der Waals surface area contributed by atoms with E-state index in [2.05, 4.69) is 30.5 Å². The Hall–Kier alpha value is -3.29. The Morgan fingerprint density at radius 2 is 1.82 bits per heavy atom. The molecule has 1 aliphatic rings. The Kier molecular flexibility index (Phi) is 5.27. The van der Waals surface area contributed by atoms with Crippen LogP contribution in [-0.2, 0) is 0 Å². The molecule has 8 heteroatoms. The average Bonchev–Trinajstić information content (AvgIpc) is 3.24. The van der Waals surface area contributed by atoms with Crippen LogP contribution in [0.2, 0.25) is 0 Å². The Bertz CT molecular complexity index is 912. The van der Waals surface area contributed by atoms with Gasteiger partial charge >= 0.3 is 0 Å². The number of halogens is 1. The first kappa shape index (κ1) is 18.1. The predicted molar refractivity (Wildman–Crippen MR) is 107 cm³/mol. The van der Waals surface area contributed by atoms with Crippen molar-refractivity contribution >= 4 is 23.4 Å². The van der Waals surface area contributed by atoms with Crippen LogP contribution in [-0.4, -0.2) is 33.0 Å². The minimum atomic E-state index is -0.251. The number of anilines is 4. The number of hydrogen-bond acceptors (Lipinski definition) is 7. The van der Waals surface area contributed by atoms with Gasteiger partial charge in [0.2, 0.25) is 5.95 Å². The molecule has 144 valence electrons. The van der Waals surface area contributed by atoms with Crippen molar-refractivity contribution in [2.24, 2.45) is 0 Å². The molecular weight excluding hydrogens is 357 g/mol. The summed E-state index contributed by atoms with van der Waals surface area (Å²) in [4.78, 5) is 19.8. The van der Waals surface area contributed by atoms with E-state index in [1.165, 1.54) is 12.1 Å². The summed E-state index contributed by atoms with van der Waals surface area (Å²) in [6.07, 6.45) is 7.21. The lowest BCUT2D eigenvalue weighted by atomic mass is 10.1. The normalized spacial score (nSPS) is 14.7. The second-order valence-corrected chi connectivity index (χ2v) is 6.76. The number of hydrogen-bond donors (Lipinski definition) is 2. The second kappa shape index (κ2) is 8.16. The zero-order valence-corrected chi connectivity index (χ0v) is 15.6. The molecule has 0 bridgehead atoms. The fourth-order valence-electron chi connectivity index (χ4n) is 3.19. The van der Waals surface area contributed by atoms with Crippen LogP contribution in [0.3, 0.4) is 0 Å². The first-order chi connectivity index (χ1) is 13.7. The highest BCUT2D eigenvalue weighted by Gasteiger charge is 2.17. The third kappa shape index (κ3) is 4.33. The molecule has 4 rings (SSSR count). The molecule has 0 aliphatic carbocycles. The van der Waals surface area contributed by atoms with Crippen molar-refractivity contribution < 1.29 is 4.39 Å². The topological polar surface area (TPSA) is 78.9 Å². The lowest BCUT2D eigenvalue weighted by Gasteiger charge is -2.20. The first-order valence-electron chi connectivity index (χ1n) is 9.36. The van der Waals surface area contributed by atoms with Gasteiger partial charge in [0.1, 0.15) is 23.3 Å². The van der Waals surface area contributed by atoms with Gasteiger partial charge in [-0.3, -0.25) is 4.98 Å². The fourth-order valence-corrected chi connectivity index (χ4v) is 3.19. The van der Waals surface area contributed by atoms with Crippen molar-refractivity contribution in [3.05, 3.63) is 60.3 Å². The molecule has 2 aromatic heterocycles. The molecule has 0 saturated carbocycles. The minimum Gasteiger partial charge on any atom is -0.356 e. The number of nitrogens with one attached hydrogen (secondary N) is 2. The van der Waals surface area contributed by atoms with Crippen molar-refractivity contribution in [2.45, 2.75) is 25.8 Å². The van der Waals surface area contributed by atoms with Gasteiger partial charge in [0.25, 0.3) is 0 Å². The van der Waals surface area contributed by atoms with Gasteiger partial charge in [0.05, 0.1) is 12.2 Å². The van der Waals surface area contributed by atoms with E-state index in [-0.39, 0.29) is 11.9 Å². The maximum absolute atomic E-state index is 13.2. The molecule has 0 amide bonds. The third-order valence-electron chi connectivity index (χ3n) is 4.68. The van der Waals surface area contributed by atoms with Crippen LogP contribution in [0.1, 0.15) is 31.4 Å². The van der Waals surface area contributed by atoms with E-state index in [1.54, 1.807) is 30.7 Å². The summed E-state index contributed by atoms with van der Waals surface area (Å²) >= 11 is 0. The minimum absolute atomic E-state index is 0.0706. The van der Waals surface area contributed by atoms with Gasteiger partial charge in [-0.25, -0.2) is 9.37 Å². The summed E-state index contributed by atoms with van der Waals surface area (Å²) in [5.41, 5.74) is 0.958. The van der Waals surface area contributed by atoms with Crippen LogP contribution in [0.4, 0.5) is 27.8 Å². The number of nitrogens with zero attached hydrogens (tertiary/aromatic N) is 5. The molecule has 7 nitrogen and oxygen atoms in total. The van der Waals surface area contributed by atoms with Crippen LogP contribution >= 0.6 is 0 Å². The van der Waals surface area contributed by atoms with Crippen LogP contribution in [0.15, 0.2) is 48.9 Å². The lowest BCUT2D eigenvalue weighted by molar-refractivity contribution is 0.626. The van der Waals surface area contributed by atoms with E-state index in [1.807, 2.05) is 13.0 Å². The maximum Gasteiger partial charge on any atom is 0.227 e. The van der Waals surface area contributed by atoms with E-state index in [0.29, 0.717) is 17.6 Å². The van der Waals surface area contributed by atoms with Gasteiger partial charge in [-0.05, 0) is 37.5 Å². The van der Waals surface area contributed by atoms with E-state index < -0.39 is 0 Å². The Morgan fingerprint density at radius 3 is 2.54 bits per heavy atom. The highest BCUT2D eigenvalue weighted by Crippen LogP contribution is 2.25. The first-order valence-corrected chi connectivity index (χ1v) is 9.36. The van der Waals surface area contributed by atoms with Crippen LogP contribution < -0.4 is 15.5 Å². The van der Waals surface area contributed by atoms with Crippen molar-refractivity contribution in [1.29, 1.82) is 0 Å². The van der Waals surface area contributed by atoms with Crippen LogP contribution in [0.5, 0.6) is 0 Å². The van der Waals surface area contributed by atoms with Gasteiger partial charge in [-0.15, -0.1) is 0 Å². The summed E-state index contributed by atoms with van der Waals surface area (Å²) in [5, 5.41) is 6.51. The monoisotopic (exact) mass is 379 g/mol. The number of benzene rings is 1. The van der Waals surface area contributed by atoms with Crippen LogP contribution in [0, 0.1) is 5.82 Å². The number of rotatable bonds is 6. The van der Waals surface area contributed by atoms with E-state index in [0.717, 1.165) is 37.3 Å². The van der Waals surface area contributed by atoms with Crippen molar-refractivity contribution in [3.63, 3.8) is 0 Å². The summed E-state index contributed by atoms with van der Waals surface area (Å²) in [5.74, 6) is 2.39. The van der Waals surface area contributed by atoms with Crippen molar-refractivity contribution in [1.82, 2.24) is 19.9 Å². The third-order valence-corrected chi connectivity index (χ3v) is 4.68. The summed E-state index contributed by atoms with van der Waals surface area (Å²) in [6, 6.07) is 8.28. The zero-order chi connectivity index (χ0) is 19.3. The molecule has 1 aromatic carbocycles. The average molecular weight is 379 g/mol. The SMILES string of the molecule is CC(Nc1nc(Nc2cnccn2)cc(N2CCCC2)n1)c1ccc(F)cc1. The van der Waals surface area contributed by atoms with Crippen LogP contribution in [0.25, 0.3) is 0 Å². The summed E-state index contributed by atoms with van der Waals surface area (Å²) < 4.78 is 13.2. The predicted octanol–water partition coefficient (Wildman–Crippen LogP) is 3.92. The summed E-state index contributed by atoms with van der Waals surface area (Å²) in [6.45, 7) is 3.96. The second-order valence-electron chi connectivity index (χ2n) is 6.76. The van der Waals surface area contributed by atoms with Crippen molar-refractivity contribution in [2.75, 3.05) is 28.6 Å². The molecule has 28 heavy (non-hydrogen) atoms. The van der Waals surface area contributed by atoms with E-state index in [9.17, 15) is 4.39 Å². The molecule has 0 radical (unpaired) electrons. The molecule has 1 aliphatic heterocycles. The van der Waals surface area contributed by atoms with Gasteiger partial charge < -0.3 is 15.5 Å². The van der Waals surface area contributed by atoms with Crippen molar-refractivity contribution in [3.8, 4) is 0 Å². The smallest absolute Gasteiger partial charge is 0.227 e. The maximum atomic E-state index is 13.2. The largest absolute Gasteiger partial charge is 0.356 e. The van der Waals surface area contributed by atoms with Gasteiger partial charge in [0.15, 0.2) is 0 Å². The van der Waals surface area contributed by atoms with E-state index in [4.69, 9.17) is 4.98 Å². The molecule has 0 spiro atoms. The Labute approximate surface area is 163 Å². The summed E-state index contributed by atoms with van der Waals surface area (Å²) in [7, 11) is 0. The van der Waals surface area contributed by atoms with Gasteiger partial charge in [-0.2, -0.15) is 9.97 Å². The molecule has 1 atom stereocenters. The highest BCUT2D eigenvalue weighted by molar-refractivity contribution is 5.59.